The van der Waals surface area contributed by atoms with Gasteiger partial charge in [-0.1, -0.05) is 37.3 Å². The molecule has 0 spiro atoms. The van der Waals surface area contributed by atoms with E-state index in [4.69, 9.17) is 10.5 Å². The molecule has 0 bridgehead atoms. The predicted octanol–water partition coefficient (Wildman–Crippen LogP) is 2.05. The lowest BCUT2D eigenvalue weighted by Gasteiger charge is -2.11. The second-order valence-electron chi connectivity index (χ2n) is 2.94. The van der Waals surface area contributed by atoms with Gasteiger partial charge in [0.05, 0.1) is 6.61 Å². The molecule has 0 aliphatic carbocycles. The largest absolute Gasteiger partial charge is 0.471 e. The number of ether oxygens (including phenoxy) is 1. The topological polar surface area (TPSA) is 35.2 Å². The van der Waals surface area contributed by atoms with Gasteiger partial charge in [-0.05, 0) is 17.8 Å². The molecule has 0 amide bonds. The molecule has 0 radical (unpaired) electrons. The molecule has 1 rings (SSSR count). The summed E-state index contributed by atoms with van der Waals surface area (Å²) in [5, 5.41) is 0.114. The van der Waals surface area contributed by atoms with Crippen molar-refractivity contribution in [3.63, 3.8) is 0 Å². The normalized spacial score (nSPS) is 12.1. The number of nitrogens with two attached hydrogens (primary N) is 1. The summed E-state index contributed by atoms with van der Waals surface area (Å²) in [5.74, 6) is 0.322. The van der Waals surface area contributed by atoms with Gasteiger partial charge in [0, 0.05) is 5.92 Å². The van der Waals surface area contributed by atoms with E-state index in [0.717, 1.165) is 0 Å². The van der Waals surface area contributed by atoms with Crippen molar-refractivity contribution < 1.29 is 4.74 Å². The lowest BCUT2D eigenvalue weighted by Crippen LogP contribution is -2.16. The quantitative estimate of drug-likeness (QED) is 0.750. The summed E-state index contributed by atoms with van der Waals surface area (Å²) in [5.41, 5.74) is 6.46. The molecule has 1 atom stereocenters. The van der Waals surface area contributed by atoms with Crippen molar-refractivity contribution in [2.24, 2.45) is 5.73 Å². The lowest BCUT2D eigenvalue weighted by atomic mass is 10.0. The summed E-state index contributed by atoms with van der Waals surface area (Å²) in [7, 11) is 0. The van der Waals surface area contributed by atoms with E-state index in [1.54, 1.807) is 0 Å². The molecule has 1 aromatic carbocycles. The van der Waals surface area contributed by atoms with Crippen molar-refractivity contribution in [2.45, 2.75) is 12.8 Å². The average molecular weight is 195 g/mol. The Morgan fingerprint density at radius 2 is 2.08 bits per heavy atom. The zero-order chi connectivity index (χ0) is 9.68. The molecule has 0 fully saturated rings. The van der Waals surface area contributed by atoms with Crippen LogP contribution in [-0.2, 0) is 4.74 Å². The van der Waals surface area contributed by atoms with Crippen LogP contribution in [0.3, 0.4) is 0 Å². The third-order valence-electron chi connectivity index (χ3n) is 1.84. The SMILES string of the molecule is CC(COC(N)=S)c1ccccc1. The van der Waals surface area contributed by atoms with Gasteiger partial charge in [-0.15, -0.1) is 0 Å². The molecular formula is C10H13NOS. The van der Waals surface area contributed by atoms with Crippen LogP contribution in [0.25, 0.3) is 0 Å². The van der Waals surface area contributed by atoms with E-state index in [9.17, 15) is 0 Å². The highest BCUT2D eigenvalue weighted by atomic mass is 32.1. The number of hydrogen-bond acceptors (Lipinski definition) is 2. The Labute approximate surface area is 83.7 Å². The van der Waals surface area contributed by atoms with E-state index in [2.05, 4.69) is 31.3 Å². The van der Waals surface area contributed by atoms with Gasteiger partial charge in [-0.25, -0.2) is 0 Å². The van der Waals surface area contributed by atoms with Crippen molar-refractivity contribution in [3.8, 4) is 0 Å². The Bertz CT molecular complexity index is 274. The maximum absolute atomic E-state index is 5.23. The Morgan fingerprint density at radius 3 is 2.62 bits per heavy atom. The minimum Gasteiger partial charge on any atom is -0.471 e. The Kier molecular flexibility index (Phi) is 3.71. The van der Waals surface area contributed by atoms with E-state index in [1.807, 2.05) is 18.2 Å². The van der Waals surface area contributed by atoms with Crippen molar-refractivity contribution in [2.75, 3.05) is 6.61 Å². The van der Waals surface area contributed by atoms with Gasteiger partial charge in [0.2, 0.25) is 0 Å². The predicted molar refractivity (Wildman–Crippen MR) is 57.6 cm³/mol. The molecule has 0 aliphatic rings. The lowest BCUT2D eigenvalue weighted by molar-refractivity contribution is 0.286. The smallest absolute Gasteiger partial charge is 0.253 e. The highest BCUT2D eigenvalue weighted by Gasteiger charge is 2.04. The van der Waals surface area contributed by atoms with Crippen molar-refractivity contribution in [1.82, 2.24) is 0 Å². The molecule has 70 valence electrons. The third kappa shape index (κ3) is 3.42. The van der Waals surface area contributed by atoms with Crippen LogP contribution in [0.1, 0.15) is 18.4 Å². The zero-order valence-electron chi connectivity index (χ0n) is 7.57. The monoisotopic (exact) mass is 195 g/mol. The minimum absolute atomic E-state index is 0.114. The number of thiocarbonyl (C=S) groups is 1. The zero-order valence-corrected chi connectivity index (χ0v) is 8.38. The fourth-order valence-electron chi connectivity index (χ4n) is 1.08. The van der Waals surface area contributed by atoms with Gasteiger partial charge in [0.25, 0.3) is 5.17 Å². The van der Waals surface area contributed by atoms with Gasteiger partial charge >= 0.3 is 0 Å². The molecule has 0 saturated carbocycles. The van der Waals surface area contributed by atoms with Gasteiger partial charge < -0.3 is 10.5 Å². The molecule has 1 unspecified atom stereocenters. The summed E-state index contributed by atoms with van der Waals surface area (Å²) >= 11 is 4.62. The van der Waals surface area contributed by atoms with Crippen LogP contribution in [-0.4, -0.2) is 11.8 Å². The fourth-order valence-corrected chi connectivity index (χ4v) is 1.15. The molecule has 0 heterocycles. The van der Waals surface area contributed by atoms with Crippen LogP contribution in [0.2, 0.25) is 0 Å². The van der Waals surface area contributed by atoms with Crippen molar-refractivity contribution >= 4 is 17.4 Å². The summed E-state index contributed by atoms with van der Waals surface area (Å²) in [6.07, 6.45) is 0. The first kappa shape index (κ1) is 9.99. The summed E-state index contributed by atoms with van der Waals surface area (Å²) < 4.78 is 5.07. The molecule has 0 aromatic heterocycles. The molecule has 1 aromatic rings. The fraction of sp³-hybridized carbons (Fsp3) is 0.300. The van der Waals surface area contributed by atoms with Gasteiger partial charge in [-0.3, -0.25) is 0 Å². The molecule has 0 aliphatic heterocycles. The Hall–Kier alpha value is -1.09. The van der Waals surface area contributed by atoms with Gasteiger partial charge in [-0.2, -0.15) is 0 Å². The maximum Gasteiger partial charge on any atom is 0.253 e. The van der Waals surface area contributed by atoms with E-state index in [0.29, 0.717) is 12.5 Å². The van der Waals surface area contributed by atoms with E-state index in [-0.39, 0.29) is 5.17 Å². The van der Waals surface area contributed by atoms with Crippen LogP contribution in [0, 0.1) is 0 Å². The summed E-state index contributed by atoms with van der Waals surface area (Å²) in [4.78, 5) is 0. The van der Waals surface area contributed by atoms with Gasteiger partial charge in [0.1, 0.15) is 0 Å². The van der Waals surface area contributed by atoms with Crippen LogP contribution < -0.4 is 5.73 Å². The van der Waals surface area contributed by atoms with Crippen LogP contribution in [0.5, 0.6) is 0 Å². The highest BCUT2D eigenvalue weighted by Crippen LogP contribution is 2.14. The third-order valence-corrected chi connectivity index (χ3v) is 1.96. The number of hydrogen-bond donors (Lipinski definition) is 1. The van der Waals surface area contributed by atoms with E-state index < -0.39 is 0 Å². The van der Waals surface area contributed by atoms with E-state index >= 15 is 0 Å². The van der Waals surface area contributed by atoms with Crippen molar-refractivity contribution in [1.29, 1.82) is 0 Å². The molecule has 13 heavy (non-hydrogen) atoms. The second-order valence-corrected chi connectivity index (χ2v) is 3.34. The molecule has 2 N–H and O–H groups in total. The van der Waals surface area contributed by atoms with Crippen molar-refractivity contribution in [3.05, 3.63) is 35.9 Å². The molecule has 2 nitrogen and oxygen atoms in total. The first-order valence-corrected chi connectivity index (χ1v) is 4.58. The number of benzene rings is 1. The minimum atomic E-state index is 0.114. The Balaban J connectivity index is 2.49. The maximum atomic E-state index is 5.23. The van der Waals surface area contributed by atoms with Gasteiger partial charge in [0.15, 0.2) is 0 Å². The summed E-state index contributed by atoms with van der Waals surface area (Å²) in [6.45, 7) is 2.62. The summed E-state index contributed by atoms with van der Waals surface area (Å²) in [6, 6.07) is 10.1. The van der Waals surface area contributed by atoms with Crippen LogP contribution >= 0.6 is 12.2 Å². The second kappa shape index (κ2) is 4.82. The molecule has 0 saturated heterocycles. The first-order chi connectivity index (χ1) is 6.20. The van der Waals surface area contributed by atoms with Crippen LogP contribution in [0.4, 0.5) is 0 Å². The Morgan fingerprint density at radius 1 is 1.46 bits per heavy atom. The number of rotatable bonds is 3. The molecular weight excluding hydrogens is 182 g/mol. The average Bonchev–Trinajstić information content (AvgIpc) is 2.15. The highest BCUT2D eigenvalue weighted by molar-refractivity contribution is 7.80. The molecule has 3 heteroatoms. The van der Waals surface area contributed by atoms with E-state index in [1.165, 1.54) is 5.56 Å². The van der Waals surface area contributed by atoms with Crippen LogP contribution in [0.15, 0.2) is 30.3 Å². The first-order valence-electron chi connectivity index (χ1n) is 4.17. The standard InChI is InChI=1S/C10H13NOS/c1-8(7-12-10(11)13)9-5-3-2-4-6-9/h2-6,8H,7H2,1H3,(H2,11,13).